The lowest BCUT2D eigenvalue weighted by atomic mass is 10.1. The van der Waals surface area contributed by atoms with Crippen LogP contribution in [0.2, 0.25) is 0 Å². The van der Waals surface area contributed by atoms with Crippen LogP contribution in [0.4, 0.5) is 0 Å². The van der Waals surface area contributed by atoms with Crippen molar-refractivity contribution >= 4 is 11.1 Å². The van der Waals surface area contributed by atoms with Crippen molar-refractivity contribution in [3.63, 3.8) is 0 Å². The van der Waals surface area contributed by atoms with Crippen LogP contribution < -0.4 is 5.32 Å². The molecule has 0 aromatic heterocycles. The van der Waals surface area contributed by atoms with Gasteiger partial charge in [-0.25, -0.2) is 0 Å². The number of likely N-dealkylation sites (tertiary alicyclic amines) is 1. The van der Waals surface area contributed by atoms with Gasteiger partial charge in [0.1, 0.15) is 0 Å². The third-order valence-corrected chi connectivity index (χ3v) is 4.40. The predicted molar refractivity (Wildman–Crippen MR) is 63.8 cm³/mol. The maximum atomic E-state index is 11.2. The first-order valence-corrected chi connectivity index (χ1v) is 7.46. The average Bonchev–Trinajstić information content (AvgIpc) is 3.09. The van der Waals surface area contributed by atoms with Gasteiger partial charge < -0.3 is 9.87 Å². The lowest BCUT2D eigenvalue weighted by molar-refractivity contribution is 0.197. The Hall–Kier alpha value is 0.0300. The molecule has 1 heterocycles. The molecule has 2 rings (SSSR count). The zero-order chi connectivity index (χ0) is 11.4. The molecule has 0 bridgehead atoms. The van der Waals surface area contributed by atoms with E-state index in [0.29, 0.717) is 6.04 Å². The Labute approximate surface area is 100 Å². The lowest BCUT2D eigenvalue weighted by Crippen LogP contribution is -2.43. The maximum Gasteiger partial charge on any atom is 0.0738 e. The standard InChI is InChI=1S/C11H22N2O2S/c14-16(15)11(6-7-12-10-4-5-10)13-8-2-1-3-9-13/h10-12H,1-9H2,(H,14,15)/p-1. The molecular formula is C11H21N2O2S-. The van der Waals surface area contributed by atoms with Gasteiger partial charge in [-0.2, -0.15) is 0 Å². The number of nitrogens with zero attached hydrogens (tertiary/aromatic N) is 1. The largest absolute Gasteiger partial charge is 0.771 e. The molecule has 1 N–H and O–H groups in total. The SMILES string of the molecule is O=S([O-])C(CCNC1CC1)N1CCCCC1. The summed E-state index contributed by atoms with van der Waals surface area (Å²) in [6, 6.07) is 0.669. The molecule has 2 fully saturated rings. The fourth-order valence-corrected chi connectivity index (χ4v) is 3.07. The number of hydrogen-bond donors (Lipinski definition) is 1. The summed E-state index contributed by atoms with van der Waals surface area (Å²) in [7, 11) is 0. The summed E-state index contributed by atoms with van der Waals surface area (Å²) in [5.41, 5.74) is 0. The van der Waals surface area contributed by atoms with Gasteiger partial charge in [0.05, 0.1) is 5.37 Å². The van der Waals surface area contributed by atoms with Crippen molar-refractivity contribution in [2.24, 2.45) is 0 Å². The van der Waals surface area contributed by atoms with E-state index in [2.05, 4.69) is 10.2 Å². The molecule has 2 unspecified atom stereocenters. The summed E-state index contributed by atoms with van der Waals surface area (Å²) >= 11 is -1.96. The molecule has 1 aliphatic heterocycles. The van der Waals surface area contributed by atoms with Gasteiger partial charge in [0, 0.05) is 6.04 Å². The summed E-state index contributed by atoms with van der Waals surface area (Å²) < 4.78 is 22.4. The van der Waals surface area contributed by atoms with Crippen LogP contribution in [0.3, 0.4) is 0 Å². The van der Waals surface area contributed by atoms with E-state index in [4.69, 9.17) is 0 Å². The molecule has 0 radical (unpaired) electrons. The Morgan fingerprint density at radius 1 is 1.31 bits per heavy atom. The van der Waals surface area contributed by atoms with Crippen LogP contribution in [0, 0.1) is 0 Å². The van der Waals surface area contributed by atoms with Crippen LogP contribution in [0.1, 0.15) is 38.5 Å². The predicted octanol–water partition coefficient (Wildman–Crippen LogP) is 0.820. The molecule has 2 atom stereocenters. The van der Waals surface area contributed by atoms with Crippen LogP contribution in [-0.4, -0.2) is 44.7 Å². The first kappa shape index (κ1) is 12.5. The molecule has 16 heavy (non-hydrogen) atoms. The number of piperidine rings is 1. The minimum atomic E-state index is -1.96. The van der Waals surface area contributed by atoms with Gasteiger partial charge in [-0.05, 0) is 62.8 Å². The molecule has 1 saturated heterocycles. The fourth-order valence-electron chi connectivity index (χ4n) is 2.31. The van der Waals surface area contributed by atoms with Gasteiger partial charge in [0.15, 0.2) is 0 Å². The van der Waals surface area contributed by atoms with Crippen molar-refractivity contribution < 1.29 is 8.76 Å². The summed E-state index contributed by atoms with van der Waals surface area (Å²) in [6.45, 7) is 2.73. The van der Waals surface area contributed by atoms with Gasteiger partial charge >= 0.3 is 0 Å². The maximum absolute atomic E-state index is 11.2. The van der Waals surface area contributed by atoms with Gasteiger partial charge in [-0.1, -0.05) is 6.42 Å². The topological polar surface area (TPSA) is 55.4 Å². The number of hydrogen-bond acceptors (Lipinski definition) is 4. The normalized spacial score (nSPS) is 26.6. The highest BCUT2D eigenvalue weighted by atomic mass is 32.2. The molecular weight excluding hydrogens is 224 g/mol. The van der Waals surface area contributed by atoms with Crippen LogP contribution in [0.25, 0.3) is 0 Å². The van der Waals surface area contributed by atoms with Crippen molar-refractivity contribution in [2.75, 3.05) is 19.6 Å². The van der Waals surface area contributed by atoms with Crippen molar-refractivity contribution in [2.45, 2.75) is 49.9 Å². The average molecular weight is 245 g/mol. The van der Waals surface area contributed by atoms with Crippen molar-refractivity contribution in [1.82, 2.24) is 10.2 Å². The third kappa shape index (κ3) is 3.80. The summed E-state index contributed by atoms with van der Waals surface area (Å²) in [5.74, 6) is 0. The number of nitrogens with one attached hydrogen (secondary N) is 1. The van der Waals surface area contributed by atoms with E-state index in [1.165, 1.54) is 19.3 Å². The van der Waals surface area contributed by atoms with E-state index < -0.39 is 11.1 Å². The molecule has 2 aliphatic rings. The van der Waals surface area contributed by atoms with Crippen molar-refractivity contribution in [3.05, 3.63) is 0 Å². The second-order valence-electron chi connectivity index (χ2n) is 4.83. The molecule has 94 valence electrons. The first-order valence-electron chi connectivity index (χ1n) is 6.33. The van der Waals surface area contributed by atoms with E-state index in [-0.39, 0.29) is 5.37 Å². The number of rotatable bonds is 6. The van der Waals surface area contributed by atoms with Crippen LogP contribution in [0.15, 0.2) is 0 Å². The first-order chi connectivity index (χ1) is 7.77. The third-order valence-electron chi connectivity index (χ3n) is 3.42. The quantitative estimate of drug-likeness (QED) is 0.704. The summed E-state index contributed by atoms with van der Waals surface area (Å²) in [6.07, 6.45) is 6.78. The second kappa shape index (κ2) is 6.10. The van der Waals surface area contributed by atoms with Gasteiger partial charge in [-0.3, -0.25) is 9.11 Å². The Bertz CT molecular complexity index is 240. The molecule has 4 nitrogen and oxygen atoms in total. The highest BCUT2D eigenvalue weighted by molar-refractivity contribution is 7.79. The molecule has 1 aliphatic carbocycles. The monoisotopic (exact) mass is 245 g/mol. The van der Waals surface area contributed by atoms with E-state index in [9.17, 15) is 8.76 Å². The molecule has 5 heteroatoms. The Morgan fingerprint density at radius 3 is 2.56 bits per heavy atom. The summed E-state index contributed by atoms with van der Waals surface area (Å²) in [4.78, 5) is 2.13. The molecule has 0 amide bonds. The van der Waals surface area contributed by atoms with Gasteiger partial charge in [0.25, 0.3) is 0 Å². The smallest absolute Gasteiger partial charge is 0.0738 e. The fraction of sp³-hybridized carbons (Fsp3) is 1.00. The van der Waals surface area contributed by atoms with Crippen molar-refractivity contribution in [3.8, 4) is 0 Å². The molecule has 0 aromatic carbocycles. The van der Waals surface area contributed by atoms with E-state index in [0.717, 1.165) is 38.9 Å². The molecule has 1 saturated carbocycles. The highest BCUT2D eigenvalue weighted by Gasteiger charge is 2.23. The zero-order valence-electron chi connectivity index (χ0n) is 9.69. The Balaban J connectivity index is 1.75. The molecule has 0 aromatic rings. The van der Waals surface area contributed by atoms with Gasteiger partial charge in [0.2, 0.25) is 0 Å². The Kier molecular flexibility index (Phi) is 4.76. The molecule has 0 spiro atoms. The minimum Gasteiger partial charge on any atom is -0.771 e. The van der Waals surface area contributed by atoms with Crippen LogP contribution in [0.5, 0.6) is 0 Å². The minimum absolute atomic E-state index is 0.272. The van der Waals surface area contributed by atoms with Crippen LogP contribution >= 0.6 is 0 Å². The van der Waals surface area contributed by atoms with Crippen LogP contribution in [-0.2, 0) is 11.1 Å². The van der Waals surface area contributed by atoms with E-state index in [1.807, 2.05) is 0 Å². The van der Waals surface area contributed by atoms with Crippen molar-refractivity contribution in [1.29, 1.82) is 0 Å². The van der Waals surface area contributed by atoms with E-state index >= 15 is 0 Å². The highest BCUT2D eigenvalue weighted by Crippen LogP contribution is 2.20. The zero-order valence-corrected chi connectivity index (χ0v) is 10.5. The Morgan fingerprint density at radius 2 is 2.00 bits per heavy atom. The van der Waals surface area contributed by atoms with E-state index in [1.54, 1.807) is 0 Å². The second-order valence-corrected chi connectivity index (χ2v) is 5.89. The lowest BCUT2D eigenvalue weighted by Gasteiger charge is -2.35. The summed E-state index contributed by atoms with van der Waals surface area (Å²) in [5, 5.41) is 3.11. The van der Waals surface area contributed by atoms with Gasteiger partial charge in [-0.15, -0.1) is 0 Å².